The fourth-order valence-corrected chi connectivity index (χ4v) is 3.85. The van der Waals surface area contributed by atoms with Crippen molar-refractivity contribution in [1.29, 1.82) is 0 Å². The summed E-state index contributed by atoms with van der Waals surface area (Å²) in [5, 5.41) is 0.449. The van der Waals surface area contributed by atoms with Gasteiger partial charge in [-0.05, 0) is 30.7 Å². The zero-order valence-corrected chi connectivity index (χ0v) is 14.9. The van der Waals surface area contributed by atoms with Crippen LogP contribution >= 0.6 is 11.8 Å². The average molecular weight is 357 g/mol. The molecule has 0 atom stereocenters. The maximum atomic E-state index is 12.4. The monoisotopic (exact) mass is 357 g/mol. The van der Waals surface area contributed by atoms with Crippen LogP contribution in [0.3, 0.4) is 0 Å². The molecule has 1 fully saturated rings. The van der Waals surface area contributed by atoms with Crippen LogP contribution in [0.4, 0.5) is 11.6 Å². The second-order valence-electron chi connectivity index (χ2n) is 6.30. The van der Waals surface area contributed by atoms with E-state index in [4.69, 9.17) is 11.5 Å². The van der Waals surface area contributed by atoms with Gasteiger partial charge in [0.2, 0.25) is 5.91 Å². The molecule has 1 saturated heterocycles. The molecule has 2 aromatic rings. The number of carbonyl (C=O) groups excluding carboxylic acids is 1. The van der Waals surface area contributed by atoms with Crippen LogP contribution in [0.5, 0.6) is 0 Å². The van der Waals surface area contributed by atoms with Crippen molar-refractivity contribution in [2.24, 2.45) is 5.92 Å². The number of nitrogens with zero attached hydrogens (tertiary/aromatic N) is 3. The van der Waals surface area contributed by atoms with Crippen LogP contribution in [0.25, 0.3) is 0 Å². The molecule has 1 aliphatic heterocycles. The molecule has 0 unspecified atom stereocenters. The van der Waals surface area contributed by atoms with E-state index in [1.807, 2.05) is 11.0 Å². The van der Waals surface area contributed by atoms with Gasteiger partial charge >= 0.3 is 0 Å². The van der Waals surface area contributed by atoms with E-state index in [2.05, 4.69) is 34.2 Å². The predicted octanol–water partition coefficient (Wildman–Crippen LogP) is 2.21. The lowest BCUT2D eigenvalue weighted by molar-refractivity contribution is -0.129. The number of benzene rings is 1. The highest BCUT2D eigenvalue weighted by molar-refractivity contribution is 7.99. The van der Waals surface area contributed by atoms with Gasteiger partial charge < -0.3 is 16.4 Å². The lowest BCUT2D eigenvalue weighted by atomic mass is 9.90. The molecule has 1 amide bonds. The Balaban J connectivity index is 1.45. The standard InChI is InChI=1S/C18H23N5OS/c19-15-11-16(20)22-18(21-15)25-12-17(24)23-8-6-14(7-9-23)10-13-4-2-1-3-5-13/h1-5,11,14H,6-10,12H2,(H4,19,20,21,22). The highest BCUT2D eigenvalue weighted by Crippen LogP contribution is 2.23. The molecule has 0 radical (unpaired) electrons. The number of rotatable bonds is 5. The smallest absolute Gasteiger partial charge is 0.233 e. The second kappa shape index (κ2) is 8.20. The largest absolute Gasteiger partial charge is 0.383 e. The third-order valence-corrected chi connectivity index (χ3v) is 5.24. The van der Waals surface area contributed by atoms with Crippen LogP contribution in [0, 0.1) is 5.92 Å². The average Bonchev–Trinajstić information content (AvgIpc) is 2.60. The Morgan fingerprint density at radius 2 is 1.76 bits per heavy atom. The Kier molecular flexibility index (Phi) is 5.75. The van der Waals surface area contributed by atoms with Gasteiger partial charge in [-0.2, -0.15) is 0 Å². The minimum atomic E-state index is 0.118. The SMILES string of the molecule is Nc1cc(N)nc(SCC(=O)N2CCC(Cc3ccccc3)CC2)n1. The number of nitrogens with two attached hydrogens (primary N) is 2. The van der Waals surface area contributed by atoms with Crippen molar-refractivity contribution in [3.05, 3.63) is 42.0 Å². The summed E-state index contributed by atoms with van der Waals surface area (Å²) in [7, 11) is 0. The van der Waals surface area contributed by atoms with Crippen LogP contribution in [-0.4, -0.2) is 39.6 Å². The van der Waals surface area contributed by atoms with E-state index in [1.54, 1.807) is 0 Å². The zero-order valence-electron chi connectivity index (χ0n) is 14.1. The molecule has 7 heteroatoms. The van der Waals surface area contributed by atoms with Gasteiger partial charge in [0.25, 0.3) is 0 Å². The molecule has 0 saturated carbocycles. The summed E-state index contributed by atoms with van der Waals surface area (Å²) in [6, 6.07) is 12.0. The van der Waals surface area contributed by atoms with Crippen LogP contribution in [-0.2, 0) is 11.2 Å². The second-order valence-corrected chi connectivity index (χ2v) is 7.25. The van der Waals surface area contributed by atoms with Crippen molar-refractivity contribution in [2.45, 2.75) is 24.4 Å². The highest BCUT2D eigenvalue weighted by Gasteiger charge is 2.23. The third-order valence-electron chi connectivity index (χ3n) is 4.40. The molecular formula is C18H23N5OS. The molecule has 25 heavy (non-hydrogen) atoms. The summed E-state index contributed by atoms with van der Waals surface area (Å²) in [5.41, 5.74) is 12.7. The van der Waals surface area contributed by atoms with E-state index >= 15 is 0 Å². The summed E-state index contributed by atoms with van der Waals surface area (Å²) < 4.78 is 0. The fourth-order valence-electron chi connectivity index (χ4n) is 3.08. The number of hydrogen-bond acceptors (Lipinski definition) is 6. The Bertz CT molecular complexity index is 696. The minimum absolute atomic E-state index is 0.118. The first-order valence-electron chi connectivity index (χ1n) is 8.44. The summed E-state index contributed by atoms with van der Waals surface area (Å²) >= 11 is 1.28. The first kappa shape index (κ1) is 17.5. The molecule has 0 spiro atoms. The minimum Gasteiger partial charge on any atom is -0.383 e. The number of carbonyl (C=O) groups is 1. The molecule has 132 valence electrons. The van der Waals surface area contributed by atoms with Gasteiger partial charge in [-0.15, -0.1) is 0 Å². The summed E-state index contributed by atoms with van der Waals surface area (Å²) in [4.78, 5) is 22.5. The van der Waals surface area contributed by atoms with Gasteiger partial charge in [-0.25, -0.2) is 9.97 Å². The predicted molar refractivity (Wildman–Crippen MR) is 101 cm³/mol. The Hall–Kier alpha value is -2.28. The molecule has 3 rings (SSSR count). The van der Waals surface area contributed by atoms with E-state index in [0.29, 0.717) is 28.5 Å². The number of anilines is 2. The highest BCUT2D eigenvalue weighted by atomic mass is 32.2. The van der Waals surface area contributed by atoms with Crippen molar-refractivity contribution in [2.75, 3.05) is 30.3 Å². The van der Waals surface area contributed by atoms with Crippen molar-refractivity contribution in [3.8, 4) is 0 Å². The molecule has 0 bridgehead atoms. The van der Waals surface area contributed by atoms with Gasteiger partial charge in [0, 0.05) is 19.2 Å². The van der Waals surface area contributed by atoms with Gasteiger partial charge in [-0.3, -0.25) is 4.79 Å². The van der Waals surface area contributed by atoms with Gasteiger partial charge in [0.15, 0.2) is 5.16 Å². The molecular weight excluding hydrogens is 334 g/mol. The van der Waals surface area contributed by atoms with Gasteiger partial charge in [-0.1, -0.05) is 42.1 Å². The van der Waals surface area contributed by atoms with E-state index < -0.39 is 0 Å². The van der Waals surface area contributed by atoms with E-state index in [9.17, 15) is 4.79 Å². The molecule has 1 aromatic heterocycles. The van der Waals surface area contributed by atoms with Crippen LogP contribution in [0.1, 0.15) is 18.4 Å². The summed E-state index contributed by atoms with van der Waals surface area (Å²) in [6.45, 7) is 1.63. The Labute approximate surface area is 152 Å². The number of thioether (sulfide) groups is 1. The number of likely N-dealkylation sites (tertiary alicyclic amines) is 1. The normalized spacial score (nSPS) is 15.3. The molecule has 1 aliphatic rings. The quantitative estimate of drug-likeness (QED) is 0.629. The lowest BCUT2D eigenvalue weighted by Crippen LogP contribution is -2.39. The number of hydrogen-bond donors (Lipinski definition) is 2. The van der Waals surface area contributed by atoms with Crippen LogP contribution < -0.4 is 11.5 Å². The van der Waals surface area contributed by atoms with Crippen molar-refractivity contribution in [3.63, 3.8) is 0 Å². The van der Waals surface area contributed by atoms with Crippen LogP contribution in [0.2, 0.25) is 0 Å². The van der Waals surface area contributed by atoms with Crippen molar-refractivity contribution in [1.82, 2.24) is 14.9 Å². The number of piperidine rings is 1. The van der Waals surface area contributed by atoms with E-state index in [-0.39, 0.29) is 5.91 Å². The fraction of sp³-hybridized carbons (Fsp3) is 0.389. The first-order chi connectivity index (χ1) is 12.1. The molecule has 1 aromatic carbocycles. The Morgan fingerprint density at radius 1 is 1.12 bits per heavy atom. The summed E-state index contributed by atoms with van der Waals surface area (Å²) in [6.07, 6.45) is 3.19. The Morgan fingerprint density at radius 3 is 2.40 bits per heavy atom. The van der Waals surface area contributed by atoms with Crippen molar-refractivity contribution >= 4 is 29.3 Å². The van der Waals surface area contributed by atoms with Gasteiger partial charge in [0.1, 0.15) is 11.6 Å². The van der Waals surface area contributed by atoms with Gasteiger partial charge in [0.05, 0.1) is 5.75 Å². The first-order valence-corrected chi connectivity index (χ1v) is 9.43. The molecule has 6 nitrogen and oxygen atoms in total. The molecule has 2 heterocycles. The van der Waals surface area contributed by atoms with E-state index in [1.165, 1.54) is 23.4 Å². The zero-order chi connectivity index (χ0) is 17.6. The summed E-state index contributed by atoms with van der Waals surface area (Å²) in [5.74, 6) is 1.73. The third kappa shape index (κ3) is 5.09. The topological polar surface area (TPSA) is 98.1 Å². The molecule has 4 N–H and O–H groups in total. The van der Waals surface area contributed by atoms with E-state index in [0.717, 1.165) is 32.4 Å². The van der Waals surface area contributed by atoms with Crippen LogP contribution in [0.15, 0.2) is 41.6 Å². The number of aromatic nitrogens is 2. The lowest BCUT2D eigenvalue weighted by Gasteiger charge is -2.32. The van der Waals surface area contributed by atoms with Crippen molar-refractivity contribution < 1.29 is 4.79 Å². The maximum Gasteiger partial charge on any atom is 0.233 e. The number of amides is 1. The maximum absolute atomic E-state index is 12.4. The molecule has 0 aliphatic carbocycles. The number of nitrogen functional groups attached to an aromatic ring is 2.